The van der Waals surface area contributed by atoms with E-state index in [1.807, 2.05) is 37.3 Å². The van der Waals surface area contributed by atoms with Crippen molar-refractivity contribution in [3.63, 3.8) is 0 Å². The van der Waals surface area contributed by atoms with Gasteiger partial charge in [-0.1, -0.05) is 36.4 Å². The van der Waals surface area contributed by atoms with E-state index in [4.69, 9.17) is 4.42 Å². The van der Waals surface area contributed by atoms with E-state index in [1.54, 1.807) is 0 Å². The number of oxazole rings is 1. The zero-order chi connectivity index (χ0) is 21.8. The zero-order valence-corrected chi connectivity index (χ0v) is 18.5. The summed E-state index contributed by atoms with van der Waals surface area (Å²) in [5.74, 6) is 0.364. The number of nitrogens with zero attached hydrogens (tertiary/aromatic N) is 3. The summed E-state index contributed by atoms with van der Waals surface area (Å²) in [4.78, 5) is 21.7. The second kappa shape index (κ2) is 9.35. The van der Waals surface area contributed by atoms with E-state index in [-0.39, 0.29) is 11.9 Å². The summed E-state index contributed by atoms with van der Waals surface area (Å²) in [6.45, 7) is 10.7. The van der Waals surface area contributed by atoms with Crippen LogP contribution in [0.4, 0.5) is 5.69 Å². The van der Waals surface area contributed by atoms with Gasteiger partial charge in [0.2, 0.25) is 5.89 Å². The van der Waals surface area contributed by atoms with Crippen molar-refractivity contribution in [3.8, 4) is 0 Å². The highest BCUT2D eigenvalue weighted by Crippen LogP contribution is 2.21. The van der Waals surface area contributed by atoms with E-state index >= 15 is 0 Å². The molecule has 3 aromatic rings. The summed E-state index contributed by atoms with van der Waals surface area (Å²) < 4.78 is 5.59. The molecule has 1 amide bonds. The first kappa shape index (κ1) is 21.1. The highest BCUT2D eigenvalue weighted by molar-refractivity contribution is 5.92. The lowest BCUT2D eigenvalue weighted by molar-refractivity contribution is 0.0934. The van der Waals surface area contributed by atoms with Gasteiger partial charge in [0.1, 0.15) is 6.26 Å². The second-order valence-electron chi connectivity index (χ2n) is 8.26. The van der Waals surface area contributed by atoms with Crippen LogP contribution in [-0.4, -0.2) is 42.0 Å². The van der Waals surface area contributed by atoms with E-state index in [9.17, 15) is 4.79 Å². The first-order valence-electron chi connectivity index (χ1n) is 10.8. The number of hydrogen-bond acceptors (Lipinski definition) is 5. The summed E-state index contributed by atoms with van der Waals surface area (Å²) >= 11 is 0. The average Bonchev–Trinajstić information content (AvgIpc) is 3.25. The molecule has 0 aliphatic carbocycles. The molecule has 162 valence electrons. The van der Waals surface area contributed by atoms with Gasteiger partial charge < -0.3 is 14.6 Å². The molecule has 1 aliphatic heterocycles. The molecule has 0 spiro atoms. The molecule has 6 nitrogen and oxygen atoms in total. The number of aryl methyl sites for hydroxylation is 2. The van der Waals surface area contributed by atoms with Crippen LogP contribution in [0.5, 0.6) is 0 Å². The van der Waals surface area contributed by atoms with Gasteiger partial charge in [0.25, 0.3) is 5.91 Å². The minimum atomic E-state index is -0.217. The average molecular weight is 419 g/mol. The molecule has 6 heteroatoms. The lowest BCUT2D eigenvalue weighted by Gasteiger charge is -2.35. The monoisotopic (exact) mass is 418 g/mol. The van der Waals surface area contributed by atoms with E-state index in [0.29, 0.717) is 18.1 Å². The Bertz CT molecular complexity index is 1020. The van der Waals surface area contributed by atoms with Gasteiger partial charge in [-0.15, -0.1) is 0 Å². The number of rotatable bonds is 6. The van der Waals surface area contributed by atoms with Gasteiger partial charge in [-0.3, -0.25) is 9.69 Å². The maximum absolute atomic E-state index is 12.5. The molecule has 0 bridgehead atoms. The van der Waals surface area contributed by atoms with Crippen LogP contribution in [0.1, 0.15) is 46.0 Å². The largest absolute Gasteiger partial charge is 0.447 e. The molecule has 4 rings (SSSR count). The fourth-order valence-electron chi connectivity index (χ4n) is 3.86. The van der Waals surface area contributed by atoms with Crippen molar-refractivity contribution in [2.75, 3.05) is 31.1 Å². The fraction of sp³-hybridized carbons (Fsp3) is 0.360. The minimum absolute atomic E-state index is 0.0904. The predicted molar refractivity (Wildman–Crippen MR) is 122 cm³/mol. The Hall–Kier alpha value is -3.12. The molecular weight excluding hydrogens is 388 g/mol. The first-order valence-corrected chi connectivity index (χ1v) is 10.8. The summed E-state index contributed by atoms with van der Waals surface area (Å²) in [7, 11) is 0. The van der Waals surface area contributed by atoms with Crippen molar-refractivity contribution in [3.05, 3.63) is 83.1 Å². The third-order valence-electron chi connectivity index (χ3n) is 6.02. The van der Waals surface area contributed by atoms with Crippen molar-refractivity contribution in [2.45, 2.75) is 33.4 Å². The Morgan fingerprint density at radius 1 is 1.06 bits per heavy atom. The van der Waals surface area contributed by atoms with Gasteiger partial charge in [-0.2, -0.15) is 0 Å². The number of amides is 1. The number of nitrogens with one attached hydrogen (secondary N) is 1. The van der Waals surface area contributed by atoms with Gasteiger partial charge in [0, 0.05) is 31.9 Å². The van der Waals surface area contributed by atoms with Crippen LogP contribution in [-0.2, 0) is 6.54 Å². The molecule has 0 radical (unpaired) electrons. The van der Waals surface area contributed by atoms with E-state index in [2.05, 4.69) is 52.1 Å². The van der Waals surface area contributed by atoms with Crippen molar-refractivity contribution in [2.24, 2.45) is 0 Å². The van der Waals surface area contributed by atoms with Crippen LogP contribution in [0.25, 0.3) is 0 Å². The summed E-state index contributed by atoms with van der Waals surface area (Å²) in [5.41, 5.74) is 5.31. The van der Waals surface area contributed by atoms with E-state index < -0.39 is 0 Å². The number of benzene rings is 2. The molecule has 1 N–H and O–H groups in total. The topological polar surface area (TPSA) is 61.6 Å². The maximum atomic E-state index is 12.5. The van der Waals surface area contributed by atoms with Gasteiger partial charge in [-0.25, -0.2) is 4.98 Å². The van der Waals surface area contributed by atoms with E-state index in [1.165, 1.54) is 23.1 Å². The third kappa shape index (κ3) is 5.14. The van der Waals surface area contributed by atoms with Crippen molar-refractivity contribution < 1.29 is 9.21 Å². The van der Waals surface area contributed by atoms with Crippen molar-refractivity contribution in [1.82, 2.24) is 15.2 Å². The quantitative estimate of drug-likeness (QED) is 0.653. The zero-order valence-electron chi connectivity index (χ0n) is 18.5. The molecule has 31 heavy (non-hydrogen) atoms. The fourth-order valence-corrected chi connectivity index (χ4v) is 3.86. The highest BCUT2D eigenvalue weighted by Gasteiger charge is 2.21. The summed E-state index contributed by atoms with van der Waals surface area (Å²) in [6.07, 6.45) is 1.45. The SMILES string of the molecule is Cc1ccc(N2CCN(Cc3nc(C(=O)N[C@@H](C)c4ccccc4)co3)CC2)cc1C. The first-order chi connectivity index (χ1) is 15.0. The van der Waals surface area contributed by atoms with Crippen LogP contribution in [0.3, 0.4) is 0 Å². The van der Waals surface area contributed by atoms with Crippen molar-refractivity contribution in [1.29, 1.82) is 0 Å². The minimum Gasteiger partial charge on any atom is -0.447 e. The lowest BCUT2D eigenvalue weighted by Crippen LogP contribution is -2.46. The molecule has 2 aromatic carbocycles. The Labute approximate surface area is 183 Å². The van der Waals surface area contributed by atoms with Gasteiger partial charge in [0.05, 0.1) is 12.6 Å². The van der Waals surface area contributed by atoms with Gasteiger partial charge in [-0.05, 0) is 49.6 Å². The number of carbonyl (C=O) groups is 1. The normalized spacial score (nSPS) is 15.6. The number of piperazine rings is 1. The van der Waals surface area contributed by atoms with Crippen LogP contribution >= 0.6 is 0 Å². The molecule has 1 fully saturated rings. The predicted octanol–water partition coefficient (Wildman–Crippen LogP) is 4.10. The lowest BCUT2D eigenvalue weighted by atomic mass is 10.1. The van der Waals surface area contributed by atoms with E-state index in [0.717, 1.165) is 31.7 Å². The molecular formula is C25H30N4O2. The van der Waals surface area contributed by atoms with Crippen LogP contribution in [0.2, 0.25) is 0 Å². The van der Waals surface area contributed by atoms with Crippen LogP contribution < -0.4 is 10.2 Å². The van der Waals surface area contributed by atoms with Crippen LogP contribution in [0, 0.1) is 13.8 Å². The van der Waals surface area contributed by atoms with Gasteiger partial charge in [0.15, 0.2) is 5.69 Å². The van der Waals surface area contributed by atoms with Crippen molar-refractivity contribution >= 4 is 11.6 Å². The van der Waals surface area contributed by atoms with Gasteiger partial charge >= 0.3 is 0 Å². The molecule has 1 atom stereocenters. The Morgan fingerprint density at radius 3 is 2.52 bits per heavy atom. The summed E-state index contributed by atoms with van der Waals surface area (Å²) in [5, 5.41) is 2.98. The Balaban J connectivity index is 1.29. The standard InChI is InChI=1S/C25H30N4O2/c1-18-9-10-22(15-19(18)2)29-13-11-28(12-14-29)16-24-27-23(17-31-24)25(30)26-20(3)21-7-5-4-6-8-21/h4-10,15,17,20H,11-14,16H2,1-3H3,(H,26,30)/t20-/m0/s1. The Morgan fingerprint density at radius 2 is 1.81 bits per heavy atom. The smallest absolute Gasteiger partial charge is 0.273 e. The molecule has 0 saturated carbocycles. The number of carbonyl (C=O) groups excluding carboxylic acids is 1. The number of hydrogen-bond donors (Lipinski definition) is 1. The summed E-state index contributed by atoms with van der Waals surface area (Å²) in [6, 6.07) is 16.4. The maximum Gasteiger partial charge on any atom is 0.273 e. The molecule has 1 aliphatic rings. The Kier molecular flexibility index (Phi) is 6.37. The molecule has 0 unspecified atom stereocenters. The molecule has 1 aromatic heterocycles. The van der Waals surface area contributed by atoms with Crippen LogP contribution in [0.15, 0.2) is 59.2 Å². The number of anilines is 1. The highest BCUT2D eigenvalue weighted by atomic mass is 16.3. The number of aromatic nitrogens is 1. The third-order valence-corrected chi connectivity index (χ3v) is 6.02. The second-order valence-corrected chi connectivity index (χ2v) is 8.26. The molecule has 1 saturated heterocycles. The molecule has 2 heterocycles.